The van der Waals surface area contributed by atoms with Crippen LogP contribution in [0.15, 0.2) is 30.3 Å². The van der Waals surface area contributed by atoms with Gasteiger partial charge in [0, 0.05) is 10.9 Å². The van der Waals surface area contributed by atoms with Crippen molar-refractivity contribution in [3.05, 3.63) is 41.6 Å². The monoisotopic (exact) mass is 413 g/mol. The van der Waals surface area contributed by atoms with Gasteiger partial charge < -0.3 is 9.47 Å². The van der Waals surface area contributed by atoms with Crippen LogP contribution in [-0.4, -0.2) is 53.3 Å². The second-order valence-electron chi connectivity index (χ2n) is 6.06. The molecule has 0 N–H and O–H groups in total. The quantitative estimate of drug-likeness (QED) is 0.247. The van der Waals surface area contributed by atoms with E-state index in [1.807, 2.05) is 0 Å². The Balaban J connectivity index is 2.35. The number of benzene rings is 1. The van der Waals surface area contributed by atoms with Crippen LogP contribution in [0.1, 0.15) is 47.5 Å². The largest absolute Gasteiger partial charge is 0.460 e. The fraction of sp³-hybridized carbons (Fsp3) is 0.286. The van der Waals surface area contributed by atoms with Crippen LogP contribution in [0.25, 0.3) is 10.9 Å². The summed E-state index contributed by atoms with van der Waals surface area (Å²) in [7, 11) is 0. The second kappa shape index (κ2) is 10.1. The Morgan fingerprint density at radius 2 is 1.33 bits per heavy atom. The van der Waals surface area contributed by atoms with Crippen molar-refractivity contribution in [1.29, 1.82) is 0 Å². The molecule has 9 heteroatoms. The summed E-state index contributed by atoms with van der Waals surface area (Å²) in [6.07, 6.45) is -1.53. The van der Waals surface area contributed by atoms with Gasteiger partial charge in [-0.25, -0.2) is 14.6 Å². The number of carbonyl (C=O) groups is 6. The Labute approximate surface area is 171 Å². The van der Waals surface area contributed by atoms with E-state index in [4.69, 9.17) is 0 Å². The molecule has 0 bridgehead atoms. The number of hydrogen-bond acceptors (Lipinski definition) is 9. The molecule has 30 heavy (non-hydrogen) atoms. The predicted octanol–water partition coefficient (Wildman–Crippen LogP) is 1.64. The molecule has 0 saturated carbocycles. The number of hydrogen-bond donors (Lipinski definition) is 0. The lowest BCUT2D eigenvalue weighted by atomic mass is 9.99. The van der Waals surface area contributed by atoms with E-state index in [0.29, 0.717) is 5.39 Å². The first-order chi connectivity index (χ1) is 14.3. The first-order valence-electron chi connectivity index (χ1n) is 9.14. The molecule has 0 atom stereocenters. The van der Waals surface area contributed by atoms with Crippen LogP contribution in [-0.2, 0) is 28.7 Å². The number of aromatic nitrogens is 1. The van der Waals surface area contributed by atoms with Crippen LogP contribution in [0.4, 0.5) is 0 Å². The molecule has 1 aromatic carbocycles. The lowest BCUT2D eigenvalue weighted by molar-refractivity contribution is -0.153. The van der Waals surface area contributed by atoms with Crippen molar-refractivity contribution in [3.63, 3.8) is 0 Å². The normalized spacial score (nSPS) is 10.3. The summed E-state index contributed by atoms with van der Waals surface area (Å²) in [6, 6.07) is 7.53. The van der Waals surface area contributed by atoms with E-state index < -0.39 is 47.9 Å². The highest BCUT2D eigenvalue weighted by Gasteiger charge is 2.25. The van der Waals surface area contributed by atoms with Gasteiger partial charge in [-0.1, -0.05) is 18.2 Å². The fourth-order valence-corrected chi connectivity index (χ4v) is 2.59. The molecule has 0 spiro atoms. The molecule has 1 heterocycles. The Kier molecular flexibility index (Phi) is 7.62. The van der Waals surface area contributed by atoms with Gasteiger partial charge in [0.15, 0.2) is 11.6 Å². The molecule has 0 fully saturated rings. The molecule has 0 aliphatic rings. The first-order valence-corrected chi connectivity index (χ1v) is 9.14. The van der Waals surface area contributed by atoms with Gasteiger partial charge in [0.25, 0.3) is 0 Å². The fourth-order valence-electron chi connectivity index (χ4n) is 2.59. The van der Waals surface area contributed by atoms with Crippen LogP contribution in [0.2, 0.25) is 0 Å². The average Bonchev–Trinajstić information content (AvgIpc) is 2.72. The molecule has 2 rings (SSSR count). The molecule has 0 aliphatic carbocycles. The predicted molar refractivity (Wildman–Crippen MR) is 103 cm³/mol. The average molecular weight is 413 g/mol. The van der Waals surface area contributed by atoms with E-state index in [2.05, 4.69) is 14.5 Å². The summed E-state index contributed by atoms with van der Waals surface area (Å²) in [6.45, 7) is 3.02. The van der Waals surface area contributed by atoms with Gasteiger partial charge in [0.05, 0.1) is 31.6 Å². The van der Waals surface area contributed by atoms with Crippen molar-refractivity contribution in [2.24, 2.45) is 0 Å². The molecular formula is C21H19NO8. The summed E-state index contributed by atoms with van der Waals surface area (Å²) >= 11 is 0. The maximum atomic E-state index is 12.7. The third-order valence-electron chi connectivity index (χ3n) is 3.95. The van der Waals surface area contributed by atoms with Gasteiger partial charge in [-0.05, 0) is 26.0 Å². The van der Waals surface area contributed by atoms with Crippen molar-refractivity contribution in [2.75, 3.05) is 13.2 Å². The number of fused-ring (bicyclic) bond motifs is 1. The van der Waals surface area contributed by atoms with Crippen molar-refractivity contribution in [2.45, 2.75) is 26.7 Å². The highest BCUT2D eigenvalue weighted by atomic mass is 16.5. The van der Waals surface area contributed by atoms with E-state index in [1.165, 1.54) is 13.8 Å². The third kappa shape index (κ3) is 5.40. The molecule has 0 aliphatic heterocycles. The molecule has 156 valence electrons. The number of pyridine rings is 1. The molecule has 0 amide bonds. The maximum Gasteiger partial charge on any atom is 0.375 e. The number of Topliss-reactive ketones (excluding diaryl/α,β-unsaturated/α-hetero) is 4. The van der Waals surface area contributed by atoms with Crippen molar-refractivity contribution >= 4 is 46.0 Å². The lowest BCUT2D eigenvalue weighted by Gasteiger charge is -2.08. The van der Waals surface area contributed by atoms with E-state index in [1.54, 1.807) is 24.3 Å². The Morgan fingerprint density at radius 3 is 1.90 bits per heavy atom. The Bertz CT molecular complexity index is 1040. The molecule has 0 saturated heterocycles. The lowest BCUT2D eigenvalue weighted by Crippen LogP contribution is -2.22. The van der Waals surface area contributed by atoms with E-state index in [0.717, 1.165) is 6.07 Å². The van der Waals surface area contributed by atoms with Crippen molar-refractivity contribution < 1.29 is 38.2 Å². The number of rotatable bonds is 10. The number of ether oxygens (including phenoxy) is 2. The smallest absolute Gasteiger partial charge is 0.375 e. The van der Waals surface area contributed by atoms with Crippen LogP contribution in [0.3, 0.4) is 0 Å². The van der Waals surface area contributed by atoms with Crippen molar-refractivity contribution in [1.82, 2.24) is 4.98 Å². The molecule has 9 nitrogen and oxygen atoms in total. The highest BCUT2D eigenvalue weighted by molar-refractivity contribution is 6.39. The minimum absolute atomic E-state index is 0.00909. The summed E-state index contributed by atoms with van der Waals surface area (Å²) < 4.78 is 9.15. The van der Waals surface area contributed by atoms with Gasteiger partial charge in [0.1, 0.15) is 5.69 Å². The summed E-state index contributed by atoms with van der Waals surface area (Å²) in [5.74, 6) is -5.82. The zero-order valence-corrected chi connectivity index (χ0v) is 16.4. The zero-order valence-electron chi connectivity index (χ0n) is 16.4. The second-order valence-corrected chi connectivity index (χ2v) is 6.06. The third-order valence-corrected chi connectivity index (χ3v) is 3.95. The molecule has 1 aromatic heterocycles. The Morgan fingerprint density at radius 1 is 0.800 bits per heavy atom. The summed E-state index contributed by atoms with van der Waals surface area (Å²) in [5.41, 5.74) is 0.0438. The van der Waals surface area contributed by atoms with Gasteiger partial charge >= 0.3 is 11.9 Å². The number of para-hydroxylation sites is 1. The molecule has 0 radical (unpaired) electrons. The van der Waals surface area contributed by atoms with Crippen LogP contribution < -0.4 is 0 Å². The topological polar surface area (TPSA) is 134 Å². The number of esters is 2. The Hall–Kier alpha value is -3.75. The number of ketones is 4. The minimum atomic E-state index is -1.14. The van der Waals surface area contributed by atoms with Gasteiger partial charge in [-0.3, -0.25) is 19.2 Å². The summed E-state index contributed by atoms with van der Waals surface area (Å²) in [4.78, 5) is 75.9. The van der Waals surface area contributed by atoms with E-state index >= 15 is 0 Å². The van der Waals surface area contributed by atoms with Gasteiger partial charge in [-0.15, -0.1) is 0 Å². The van der Waals surface area contributed by atoms with Crippen molar-refractivity contribution in [3.8, 4) is 0 Å². The number of nitrogens with zero attached hydrogens (tertiary/aromatic N) is 1. The molecule has 2 aromatic rings. The van der Waals surface area contributed by atoms with Gasteiger partial charge in [-0.2, -0.15) is 0 Å². The summed E-state index contributed by atoms with van der Waals surface area (Å²) in [5, 5.41) is 0.368. The first kappa shape index (κ1) is 22.5. The van der Waals surface area contributed by atoms with E-state index in [9.17, 15) is 28.8 Å². The van der Waals surface area contributed by atoms with Crippen LogP contribution >= 0.6 is 0 Å². The van der Waals surface area contributed by atoms with Crippen LogP contribution in [0.5, 0.6) is 0 Å². The van der Waals surface area contributed by atoms with E-state index in [-0.39, 0.29) is 30.0 Å². The standard InChI is InChI=1S/C21H19NO8/c1-3-29-20(27)18(25)10-16(23)13-9-15(22-14-8-6-5-7-12(13)14)17(24)11-19(26)21(28)30-4-2/h5-9H,3-4,10-11H2,1-2H3. The van der Waals surface area contributed by atoms with Crippen LogP contribution in [0, 0.1) is 0 Å². The molecule has 0 unspecified atom stereocenters. The highest BCUT2D eigenvalue weighted by Crippen LogP contribution is 2.21. The van der Waals surface area contributed by atoms with Gasteiger partial charge in [0.2, 0.25) is 11.6 Å². The minimum Gasteiger partial charge on any atom is -0.460 e. The number of carbonyl (C=O) groups excluding carboxylic acids is 6. The SMILES string of the molecule is CCOC(=O)C(=O)CC(=O)c1cc(C(=O)CC(=O)C(=O)OCC)c2ccccc2n1. The zero-order chi connectivity index (χ0) is 22.3. The molecular weight excluding hydrogens is 394 g/mol. The maximum absolute atomic E-state index is 12.7.